The number of aliphatic hydroxyl groups is 1. The topological polar surface area (TPSA) is 86.6 Å². The second-order valence-corrected chi connectivity index (χ2v) is 5.38. The molecule has 5 heteroatoms. The Kier molecular flexibility index (Phi) is 6.84. The van der Waals surface area contributed by atoms with E-state index in [0.29, 0.717) is 38.6 Å². The van der Waals surface area contributed by atoms with Gasteiger partial charge in [0.1, 0.15) is 0 Å². The van der Waals surface area contributed by atoms with Gasteiger partial charge in [0.25, 0.3) is 0 Å². The molecule has 19 heavy (non-hydrogen) atoms. The van der Waals surface area contributed by atoms with Gasteiger partial charge in [-0.25, -0.2) is 0 Å². The molecule has 0 saturated heterocycles. The van der Waals surface area contributed by atoms with Crippen LogP contribution in [0.4, 0.5) is 0 Å². The van der Waals surface area contributed by atoms with Gasteiger partial charge in [-0.3, -0.25) is 9.59 Å². The van der Waals surface area contributed by atoms with E-state index in [9.17, 15) is 14.7 Å². The summed E-state index contributed by atoms with van der Waals surface area (Å²) in [6, 6.07) is 0. The molecule has 5 nitrogen and oxygen atoms in total. The van der Waals surface area contributed by atoms with Crippen molar-refractivity contribution in [1.29, 1.82) is 0 Å². The molecule has 1 unspecified atom stereocenters. The highest BCUT2D eigenvalue weighted by atomic mass is 16.4. The molecule has 1 amide bonds. The summed E-state index contributed by atoms with van der Waals surface area (Å²) in [4.78, 5) is 22.7. The van der Waals surface area contributed by atoms with Crippen LogP contribution < -0.4 is 5.32 Å². The minimum absolute atomic E-state index is 0.0355. The minimum Gasteiger partial charge on any atom is -0.481 e. The Morgan fingerprint density at radius 3 is 2.32 bits per heavy atom. The summed E-state index contributed by atoms with van der Waals surface area (Å²) in [7, 11) is 0. The van der Waals surface area contributed by atoms with Crippen LogP contribution in [0.1, 0.15) is 51.9 Å². The Labute approximate surface area is 114 Å². The Balaban J connectivity index is 2.16. The van der Waals surface area contributed by atoms with Gasteiger partial charge in [-0.1, -0.05) is 6.92 Å². The van der Waals surface area contributed by atoms with Gasteiger partial charge in [0.05, 0.1) is 12.0 Å². The summed E-state index contributed by atoms with van der Waals surface area (Å²) < 4.78 is 0. The number of hydrogen-bond acceptors (Lipinski definition) is 3. The van der Waals surface area contributed by atoms with Crippen LogP contribution in [0.2, 0.25) is 0 Å². The van der Waals surface area contributed by atoms with E-state index in [1.54, 1.807) is 0 Å². The largest absolute Gasteiger partial charge is 0.481 e. The Hall–Kier alpha value is -1.10. The van der Waals surface area contributed by atoms with Crippen molar-refractivity contribution in [2.75, 3.05) is 6.54 Å². The van der Waals surface area contributed by atoms with E-state index < -0.39 is 5.97 Å². The standard InChI is InChI=1S/C14H25NO4/c1-2-12(16)4-3-9-15-13(17)10-5-7-11(8-6-10)14(18)19/h10-12,16H,2-9H2,1H3,(H,15,17)(H,18,19). The lowest BCUT2D eigenvalue weighted by molar-refractivity contribution is -0.144. The highest BCUT2D eigenvalue weighted by molar-refractivity contribution is 5.79. The summed E-state index contributed by atoms with van der Waals surface area (Å²) in [5.74, 6) is -1.02. The zero-order valence-electron chi connectivity index (χ0n) is 11.6. The normalized spacial score (nSPS) is 24.7. The van der Waals surface area contributed by atoms with Crippen molar-refractivity contribution >= 4 is 11.9 Å². The first-order valence-electron chi connectivity index (χ1n) is 7.23. The van der Waals surface area contributed by atoms with Crippen LogP contribution in [-0.2, 0) is 9.59 Å². The van der Waals surface area contributed by atoms with Crippen molar-refractivity contribution in [2.24, 2.45) is 11.8 Å². The number of carbonyl (C=O) groups excluding carboxylic acids is 1. The zero-order valence-corrected chi connectivity index (χ0v) is 11.6. The fourth-order valence-electron chi connectivity index (χ4n) is 2.50. The molecule has 1 saturated carbocycles. The monoisotopic (exact) mass is 271 g/mol. The third kappa shape index (κ3) is 5.59. The van der Waals surface area contributed by atoms with Gasteiger partial charge in [0.2, 0.25) is 5.91 Å². The van der Waals surface area contributed by atoms with Gasteiger partial charge in [-0.05, 0) is 44.9 Å². The van der Waals surface area contributed by atoms with Gasteiger partial charge < -0.3 is 15.5 Å². The van der Waals surface area contributed by atoms with Gasteiger partial charge in [0, 0.05) is 12.5 Å². The number of hydrogen-bond donors (Lipinski definition) is 3. The van der Waals surface area contributed by atoms with Crippen molar-refractivity contribution in [2.45, 2.75) is 58.0 Å². The Morgan fingerprint density at radius 2 is 1.79 bits per heavy atom. The van der Waals surface area contributed by atoms with E-state index in [4.69, 9.17) is 5.11 Å². The number of carboxylic acids is 1. The molecule has 3 N–H and O–H groups in total. The quantitative estimate of drug-likeness (QED) is 0.613. The van der Waals surface area contributed by atoms with Gasteiger partial charge in [0.15, 0.2) is 0 Å². The molecular formula is C14H25NO4. The lowest BCUT2D eigenvalue weighted by Gasteiger charge is -2.25. The molecule has 0 spiro atoms. The predicted molar refractivity (Wildman–Crippen MR) is 71.6 cm³/mol. The highest BCUT2D eigenvalue weighted by Gasteiger charge is 2.29. The first-order valence-corrected chi connectivity index (χ1v) is 7.23. The molecule has 110 valence electrons. The molecule has 0 aliphatic heterocycles. The fourth-order valence-corrected chi connectivity index (χ4v) is 2.50. The highest BCUT2D eigenvalue weighted by Crippen LogP contribution is 2.28. The molecule has 1 atom stereocenters. The first kappa shape index (κ1) is 16.0. The summed E-state index contributed by atoms with van der Waals surface area (Å²) in [5.41, 5.74) is 0. The third-order valence-corrected chi connectivity index (χ3v) is 3.93. The maximum absolute atomic E-state index is 11.9. The molecular weight excluding hydrogens is 246 g/mol. The van der Waals surface area contributed by atoms with Gasteiger partial charge >= 0.3 is 5.97 Å². The second kappa shape index (κ2) is 8.15. The molecule has 1 aliphatic rings. The number of rotatable bonds is 7. The first-order chi connectivity index (χ1) is 9.04. The van der Waals surface area contributed by atoms with Crippen LogP contribution in [0.15, 0.2) is 0 Å². The number of amides is 1. The second-order valence-electron chi connectivity index (χ2n) is 5.38. The van der Waals surface area contributed by atoms with Crippen LogP contribution in [0.25, 0.3) is 0 Å². The molecule has 1 fully saturated rings. The summed E-state index contributed by atoms with van der Waals surface area (Å²) in [6.45, 7) is 2.53. The van der Waals surface area contributed by atoms with Crippen LogP contribution >= 0.6 is 0 Å². The van der Waals surface area contributed by atoms with E-state index in [1.807, 2.05) is 6.92 Å². The SMILES string of the molecule is CCC(O)CCCNC(=O)C1CCC(C(=O)O)CC1. The summed E-state index contributed by atoms with van der Waals surface area (Å²) in [5, 5.41) is 21.2. The van der Waals surface area contributed by atoms with Crippen molar-refractivity contribution < 1.29 is 19.8 Å². The summed E-state index contributed by atoms with van der Waals surface area (Å²) >= 11 is 0. The molecule has 1 aliphatic carbocycles. The van der Waals surface area contributed by atoms with Crippen molar-refractivity contribution in [3.05, 3.63) is 0 Å². The molecule has 0 bridgehead atoms. The van der Waals surface area contributed by atoms with Gasteiger partial charge in [-0.15, -0.1) is 0 Å². The number of aliphatic hydroxyl groups excluding tert-OH is 1. The lowest BCUT2D eigenvalue weighted by Crippen LogP contribution is -2.35. The molecule has 0 aromatic heterocycles. The van der Waals surface area contributed by atoms with Crippen LogP contribution in [0.3, 0.4) is 0 Å². The van der Waals surface area contributed by atoms with Crippen LogP contribution in [-0.4, -0.2) is 34.7 Å². The van der Waals surface area contributed by atoms with Crippen molar-refractivity contribution in [1.82, 2.24) is 5.32 Å². The smallest absolute Gasteiger partial charge is 0.306 e. The van der Waals surface area contributed by atoms with E-state index in [2.05, 4.69) is 5.32 Å². The zero-order chi connectivity index (χ0) is 14.3. The fraction of sp³-hybridized carbons (Fsp3) is 0.857. The maximum atomic E-state index is 11.9. The molecule has 0 heterocycles. The van der Waals surface area contributed by atoms with E-state index >= 15 is 0 Å². The van der Waals surface area contributed by atoms with Crippen molar-refractivity contribution in [3.63, 3.8) is 0 Å². The van der Waals surface area contributed by atoms with Crippen LogP contribution in [0, 0.1) is 11.8 Å². The molecule has 1 rings (SSSR count). The lowest BCUT2D eigenvalue weighted by atomic mass is 9.81. The number of carbonyl (C=O) groups is 2. The maximum Gasteiger partial charge on any atom is 0.306 e. The van der Waals surface area contributed by atoms with E-state index in [0.717, 1.165) is 12.8 Å². The summed E-state index contributed by atoms with van der Waals surface area (Å²) in [6.07, 6.45) is 4.49. The average Bonchev–Trinajstić information content (AvgIpc) is 2.43. The molecule has 0 radical (unpaired) electrons. The number of aliphatic carboxylic acids is 1. The predicted octanol–water partition coefficient (Wildman–Crippen LogP) is 1.54. The van der Waals surface area contributed by atoms with Crippen molar-refractivity contribution in [3.8, 4) is 0 Å². The molecule has 0 aromatic carbocycles. The van der Waals surface area contributed by atoms with Gasteiger partial charge in [-0.2, -0.15) is 0 Å². The Bertz CT molecular complexity index is 298. The van der Waals surface area contributed by atoms with E-state index in [-0.39, 0.29) is 23.8 Å². The van der Waals surface area contributed by atoms with E-state index in [1.165, 1.54) is 0 Å². The number of carboxylic acid groups (broad SMARTS) is 1. The minimum atomic E-state index is -0.743. The molecule has 0 aromatic rings. The Morgan fingerprint density at radius 1 is 1.21 bits per heavy atom. The number of nitrogens with one attached hydrogen (secondary N) is 1. The average molecular weight is 271 g/mol. The third-order valence-electron chi connectivity index (χ3n) is 3.93. The van der Waals surface area contributed by atoms with Crippen LogP contribution in [0.5, 0.6) is 0 Å².